The van der Waals surface area contributed by atoms with E-state index in [4.69, 9.17) is 0 Å². The van der Waals surface area contributed by atoms with Crippen molar-refractivity contribution in [3.05, 3.63) is 34.7 Å². The van der Waals surface area contributed by atoms with Gasteiger partial charge in [-0.2, -0.15) is 0 Å². The van der Waals surface area contributed by atoms with Gasteiger partial charge in [0.15, 0.2) is 0 Å². The lowest BCUT2D eigenvalue weighted by Crippen LogP contribution is -2.28. The molecule has 0 unspecified atom stereocenters. The van der Waals surface area contributed by atoms with Gasteiger partial charge in [-0.1, -0.05) is 19.1 Å². The average Bonchev–Trinajstić information content (AvgIpc) is 2.96. The van der Waals surface area contributed by atoms with Gasteiger partial charge in [-0.05, 0) is 18.6 Å². The molecule has 2 rings (SSSR count). The lowest BCUT2D eigenvalue weighted by atomic mass is 10.1. The third-order valence-electron chi connectivity index (χ3n) is 3.19. The molecule has 1 amide bonds. The predicted octanol–water partition coefficient (Wildman–Crippen LogP) is 2.64. The van der Waals surface area contributed by atoms with E-state index in [1.807, 2.05) is 36.6 Å². The van der Waals surface area contributed by atoms with E-state index < -0.39 is 10.0 Å². The molecule has 8 heteroatoms. The number of nitrogens with zero attached hydrogens (tertiary/aromatic N) is 1. The summed E-state index contributed by atoms with van der Waals surface area (Å²) in [5.74, 6) is 0.0424. The molecule has 6 nitrogen and oxygen atoms in total. The second-order valence-electron chi connectivity index (χ2n) is 5.35. The molecule has 0 aliphatic heterocycles. The van der Waals surface area contributed by atoms with Crippen molar-refractivity contribution in [1.29, 1.82) is 0 Å². The van der Waals surface area contributed by atoms with Crippen LogP contribution in [0.5, 0.6) is 0 Å². The van der Waals surface area contributed by atoms with Gasteiger partial charge in [0.05, 0.1) is 16.5 Å². The van der Waals surface area contributed by atoms with Gasteiger partial charge >= 0.3 is 0 Å². The first-order valence-electron chi connectivity index (χ1n) is 7.69. The quantitative estimate of drug-likeness (QED) is 0.751. The minimum absolute atomic E-state index is 0.107. The molecule has 1 aromatic carbocycles. The van der Waals surface area contributed by atoms with Crippen LogP contribution in [0.25, 0.3) is 11.3 Å². The van der Waals surface area contributed by atoms with E-state index in [0.717, 1.165) is 22.0 Å². The maximum Gasteiger partial charge on any atom is 0.221 e. The van der Waals surface area contributed by atoms with Crippen LogP contribution in [0.3, 0.4) is 0 Å². The van der Waals surface area contributed by atoms with Gasteiger partial charge in [0.1, 0.15) is 0 Å². The maximum atomic E-state index is 11.6. The number of nitrogens with one attached hydrogen (secondary N) is 2. The van der Waals surface area contributed by atoms with Crippen LogP contribution in [0.4, 0.5) is 5.69 Å². The molecule has 0 bridgehead atoms. The fourth-order valence-electron chi connectivity index (χ4n) is 2.14. The molecule has 2 aromatic rings. The molecule has 1 aromatic heterocycles. The van der Waals surface area contributed by atoms with Crippen LogP contribution in [-0.4, -0.2) is 31.6 Å². The average molecular weight is 367 g/mol. The number of sulfonamides is 1. The molecular weight excluding hydrogens is 346 g/mol. The molecule has 0 fully saturated rings. The first-order valence-corrected chi connectivity index (χ1v) is 10.2. The van der Waals surface area contributed by atoms with Crippen LogP contribution in [0.15, 0.2) is 29.6 Å². The highest BCUT2D eigenvalue weighted by molar-refractivity contribution is 7.89. The fourth-order valence-corrected chi connectivity index (χ4v) is 4.04. The number of amides is 1. The Hall–Kier alpha value is -1.77. The number of anilines is 1. The van der Waals surface area contributed by atoms with E-state index in [1.165, 1.54) is 18.3 Å². The summed E-state index contributed by atoms with van der Waals surface area (Å²) in [5, 5.41) is 5.55. The second kappa shape index (κ2) is 8.36. The fraction of sp³-hybridized carbons (Fsp3) is 0.375. The van der Waals surface area contributed by atoms with Crippen molar-refractivity contribution < 1.29 is 13.2 Å². The Kier molecular flexibility index (Phi) is 6.47. The molecule has 0 radical (unpaired) electrons. The third kappa shape index (κ3) is 5.70. The molecule has 0 aliphatic carbocycles. The topological polar surface area (TPSA) is 88.2 Å². The van der Waals surface area contributed by atoms with E-state index in [9.17, 15) is 13.2 Å². The van der Waals surface area contributed by atoms with Crippen LogP contribution >= 0.6 is 11.3 Å². The Balaban J connectivity index is 1.94. The van der Waals surface area contributed by atoms with Gasteiger partial charge in [0.2, 0.25) is 15.9 Å². The van der Waals surface area contributed by atoms with Gasteiger partial charge < -0.3 is 5.32 Å². The highest BCUT2D eigenvalue weighted by Crippen LogP contribution is 2.23. The molecule has 0 spiro atoms. The zero-order valence-corrected chi connectivity index (χ0v) is 15.3. The molecular formula is C16H21N3O3S2. The zero-order valence-electron chi connectivity index (χ0n) is 13.7. The van der Waals surface area contributed by atoms with E-state index in [1.54, 1.807) is 0 Å². The minimum Gasteiger partial charge on any atom is -0.326 e. The molecule has 0 aliphatic rings. The summed E-state index contributed by atoms with van der Waals surface area (Å²) in [6.07, 6.45) is 1.17. The van der Waals surface area contributed by atoms with Crippen LogP contribution in [-0.2, 0) is 21.2 Å². The molecule has 2 N–H and O–H groups in total. The van der Waals surface area contributed by atoms with Crippen molar-refractivity contribution in [3.63, 3.8) is 0 Å². The van der Waals surface area contributed by atoms with Crippen LogP contribution in [0.1, 0.15) is 25.3 Å². The van der Waals surface area contributed by atoms with Gasteiger partial charge in [0, 0.05) is 36.5 Å². The number of carbonyl (C=O) groups excluding carboxylic acids is 1. The normalized spacial score (nSPS) is 11.4. The molecule has 24 heavy (non-hydrogen) atoms. The van der Waals surface area contributed by atoms with Crippen molar-refractivity contribution >= 4 is 33.0 Å². The monoisotopic (exact) mass is 367 g/mol. The number of carbonyl (C=O) groups is 1. The summed E-state index contributed by atoms with van der Waals surface area (Å²) < 4.78 is 25.8. The molecule has 130 valence electrons. The summed E-state index contributed by atoms with van der Waals surface area (Å²) in [7, 11) is -3.17. The Bertz CT molecular complexity index is 783. The molecule has 0 atom stereocenters. The van der Waals surface area contributed by atoms with Crippen molar-refractivity contribution in [3.8, 4) is 11.3 Å². The summed E-state index contributed by atoms with van der Waals surface area (Å²) >= 11 is 1.51. The number of rotatable bonds is 8. The SMILES string of the molecule is CCCS(=O)(=O)NCCc1nc(-c2ccc(NC(C)=O)cc2)cs1. The van der Waals surface area contributed by atoms with Crippen LogP contribution in [0.2, 0.25) is 0 Å². The van der Waals surface area contributed by atoms with Gasteiger partial charge in [-0.3, -0.25) is 4.79 Å². The lowest BCUT2D eigenvalue weighted by Gasteiger charge is -2.04. The maximum absolute atomic E-state index is 11.6. The zero-order chi connectivity index (χ0) is 17.6. The molecule has 0 saturated carbocycles. The first kappa shape index (κ1) is 18.6. The van der Waals surface area contributed by atoms with Gasteiger partial charge in [-0.15, -0.1) is 11.3 Å². The first-order chi connectivity index (χ1) is 11.4. The number of thiazole rings is 1. The Morgan fingerprint density at radius 1 is 1.25 bits per heavy atom. The minimum atomic E-state index is -3.17. The largest absolute Gasteiger partial charge is 0.326 e. The van der Waals surface area contributed by atoms with Crippen molar-refractivity contribution in [2.45, 2.75) is 26.7 Å². The van der Waals surface area contributed by atoms with E-state index in [0.29, 0.717) is 19.4 Å². The number of aromatic nitrogens is 1. The van der Waals surface area contributed by atoms with Crippen molar-refractivity contribution in [2.24, 2.45) is 0 Å². The summed E-state index contributed by atoms with van der Waals surface area (Å²) in [6, 6.07) is 7.45. The van der Waals surface area contributed by atoms with Crippen molar-refractivity contribution in [2.75, 3.05) is 17.6 Å². The molecule has 0 saturated heterocycles. The second-order valence-corrected chi connectivity index (χ2v) is 8.22. The van der Waals surface area contributed by atoms with E-state index in [-0.39, 0.29) is 11.7 Å². The predicted molar refractivity (Wildman–Crippen MR) is 97.6 cm³/mol. The van der Waals surface area contributed by atoms with Gasteiger partial charge in [-0.25, -0.2) is 18.1 Å². The smallest absolute Gasteiger partial charge is 0.221 e. The Morgan fingerprint density at radius 2 is 1.96 bits per heavy atom. The highest BCUT2D eigenvalue weighted by atomic mass is 32.2. The van der Waals surface area contributed by atoms with Crippen LogP contribution < -0.4 is 10.0 Å². The Labute approximate surface area is 146 Å². The number of hydrogen-bond acceptors (Lipinski definition) is 5. The van der Waals surface area contributed by atoms with E-state index >= 15 is 0 Å². The number of benzene rings is 1. The Morgan fingerprint density at radius 3 is 2.58 bits per heavy atom. The third-order valence-corrected chi connectivity index (χ3v) is 5.68. The highest BCUT2D eigenvalue weighted by Gasteiger charge is 2.09. The lowest BCUT2D eigenvalue weighted by molar-refractivity contribution is -0.114. The number of hydrogen-bond donors (Lipinski definition) is 2. The standard InChI is InChI=1S/C16H21N3O3S2/c1-3-10-24(21,22)17-9-8-16-19-15(11-23-16)13-4-6-14(7-5-13)18-12(2)20/h4-7,11,17H,3,8-10H2,1-2H3,(H,18,20). The summed E-state index contributed by atoms with van der Waals surface area (Å²) in [4.78, 5) is 15.5. The van der Waals surface area contributed by atoms with Crippen molar-refractivity contribution in [1.82, 2.24) is 9.71 Å². The van der Waals surface area contributed by atoms with Crippen LogP contribution in [0, 0.1) is 0 Å². The van der Waals surface area contributed by atoms with Gasteiger partial charge in [0.25, 0.3) is 0 Å². The summed E-state index contributed by atoms with van der Waals surface area (Å²) in [6.45, 7) is 3.66. The molecule has 1 heterocycles. The summed E-state index contributed by atoms with van der Waals surface area (Å²) in [5.41, 5.74) is 2.55. The van der Waals surface area contributed by atoms with E-state index in [2.05, 4.69) is 15.0 Å².